The minimum atomic E-state index is 0.232. The zero-order chi connectivity index (χ0) is 16.6. The van der Waals surface area contributed by atoms with Gasteiger partial charge in [-0.2, -0.15) is 5.10 Å². The van der Waals surface area contributed by atoms with Crippen molar-refractivity contribution in [3.63, 3.8) is 0 Å². The molecule has 0 unspecified atom stereocenters. The molecule has 0 spiro atoms. The molecular weight excluding hydrogens is 298 g/mol. The van der Waals surface area contributed by atoms with Crippen LogP contribution < -0.4 is 5.43 Å². The number of carbonyl (C=O) groups excluding carboxylic acids is 1. The van der Waals surface area contributed by atoms with Gasteiger partial charge in [-0.3, -0.25) is 10.2 Å². The Kier molecular flexibility index (Phi) is 5.61. The molecule has 1 saturated heterocycles. The molecule has 1 aliphatic rings. The maximum absolute atomic E-state index is 12.3. The highest BCUT2D eigenvalue weighted by Crippen LogP contribution is 2.13. The van der Waals surface area contributed by atoms with Gasteiger partial charge < -0.3 is 4.90 Å². The summed E-state index contributed by atoms with van der Waals surface area (Å²) in [5, 5.41) is 4.56. The largest absolute Gasteiger partial charge is 0.343 e. The predicted molar refractivity (Wildman–Crippen MR) is 98.1 cm³/mol. The van der Waals surface area contributed by atoms with Gasteiger partial charge in [0.1, 0.15) is 0 Å². The molecule has 24 heavy (non-hydrogen) atoms. The highest BCUT2D eigenvalue weighted by Gasteiger charge is 2.18. The van der Waals surface area contributed by atoms with Crippen LogP contribution in [-0.2, 0) is 4.79 Å². The molecular formula is C20H23N3O. The first kappa shape index (κ1) is 16.2. The second-order valence-corrected chi connectivity index (χ2v) is 5.99. The van der Waals surface area contributed by atoms with Gasteiger partial charge in [-0.25, -0.2) is 0 Å². The summed E-state index contributed by atoms with van der Waals surface area (Å²) in [6, 6.07) is 19.9. The third kappa shape index (κ3) is 4.44. The van der Waals surface area contributed by atoms with E-state index in [1.165, 1.54) is 0 Å². The first-order valence-corrected chi connectivity index (χ1v) is 8.54. The highest BCUT2D eigenvalue weighted by molar-refractivity contribution is 6.02. The van der Waals surface area contributed by atoms with Crippen molar-refractivity contribution in [3.05, 3.63) is 66.2 Å². The number of rotatable bonds is 6. The quantitative estimate of drug-likeness (QED) is 0.648. The Balaban J connectivity index is 1.69. The van der Waals surface area contributed by atoms with Crippen molar-refractivity contribution in [1.82, 2.24) is 4.90 Å². The van der Waals surface area contributed by atoms with E-state index >= 15 is 0 Å². The van der Waals surface area contributed by atoms with E-state index < -0.39 is 0 Å². The first-order valence-electron chi connectivity index (χ1n) is 8.54. The summed E-state index contributed by atoms with van der Waals surface area (Å²) in [5.41, 5.74) is 6.00. The van der Waals surface area contributed by atoms with Crippen LogP contribution in [-0.4, -0.2) is 29.6 Å². The van der Waals surface area contributed by atoms with Gasteiger partial charge in [0.05, 0.1) is 11.4 Å². The highest BCUT2D eigenvalue weighted by atomic mass is 16.2. The second kappa shape index (κ2) is 8.29. The molecule has 1 amide bonds. The molecule has 4 nitrogen and oxygen atoms in total. The molecule has 0 atom stereocenters. The van der Waals surface area contributed by atoms with Crippen molar-refractivity contribution >= 4 is 17.3 Å². The van der Waals surface area contributed by atoms with E-state index in [1.807, 2.05) is 65.6 Å². The van der Waals surface area contributed by atoms with E-state index in [1.54, 1.807) is 0 Å². The fourth-order valence-corrected chi connectivity index (χ4v) is 2.89. The maximum Gasteiger partial charge on any atom is 0.222 e. The van der Waals surface area contributed by atoms with Crippen LogP contribution in [0.5, 0.6) is 0 Å². The molecule has 0 bridgehead atoms. The summed E-state index contributed by atoms with van der Waals surface area (Å²) in [4.78, 5) is 14.3. The Morgan fingerprint density at radius 3 is 2.21 bits per heavy atom. The monoisotopic (exact) mass is 321 g/mol. The van der Waals surface area contributed by atoms with Crippen molar-refractivity contribution in [2.45, 2.75) is 25.7 Å². The summed E-state index contributed by atoms with van der Waals surface area (Å²) >= 11 is 0. The van der Waals surface area contributed by atoms with Gasteiger partial charge in [0, 0.05) is 25.9 Å². The number of nitrogens with zero attached hydrogens (tertiary/aromatic N) is 2. The third-order valence-electron chi connectivity index (χ3n) is 4.24. The molecule has 4 heteroatoms. The fraction of sp³-hybridized carbons (Fsp3) is 0.300. The van der Waals surface area contributed by atoms with Crippen LogP contribution >= 0.6 is 0 Å². The summed E-state index contributed by atoms with van der Waals surface area (Å²) < 4.78 is 0. The SMILES string of the molecule is O=C(CC/C(=N/Nc1ccccc1)c1ccccc1)N1CCCC1. The van der Waals surface area contributed by atoms with Crippen LogP contribution in [0.4, 0.5) is 5.69 Å². The molecule has 1 aliphatic heterocycles. The number of hydrogen-bond donors (Lipinski definition) is 1. The molecule has 0 aromatic heterocycles. The maximum atomic E-state index is 12.3. The van der Waals surface area contributed by atoms with Gasteiger partial charge in [0.2, 0.25) is 5.91 Å². The molecule has 2 aromatic carbocycles. The van der Waals surface area contributed by atoms with Crippen molar-refractivity contribution in [2.24, 2.45) is 5.10 Å². The summed E-state index contributed by atoms with van der Waals surface area (Å²) in [7, 11) is 0. The number of amides is 1. The van der Waals surface area contributed by atoms with Crippen LogP contribution in [0.25, 0.3) is 0 Å². The number of likely N-dealkylation sites (tertiary alicyclic amines) is 1. The number of nitrogens with one attached hydrogen (secondary N) is 1. The van der Waals surface area contributed by atoms with Gasteiger partial charge in [0.25, 0.3) is 0 Å². The third-order valence-corrected chi connectivity index (χ3v) is 4.24. The predicted octanol–water partition coefficient (Wildman–Crippen LogP) is 3.91. The van der Waals surface area contributed by atoms with Gasteiger partial charge in [-0.1, -0.05) is 48.5 Å². The Bertz CT molecular complexity index is 677. The standard InChI is InChI=1S/C20H23N3O/c24-20(23-15-7-8-16-23)14-13-19(17-9-3-1-4-10-17)22-21-18-11-5-2-6-12-18/h1-6,9-12,21H,7-8,13-16H2/b22-19-. The Hall–Kier alpha value is -2.62. The van der Waals surface area contributed by atoms with Crippen molar-refractivity contribution in [2.75, 3.05) is 18.5 Å². The topological polar surface area (TPSA) is 44.7 Å². The number of para-hydroxylation sites is 1. The van der Waals surface area contributed by atoms with Crippen LogP contribution in [0.15, 0.2) is 65.8 Å². The van der Waals surface area contributed by atoms with E-state index in [9.17, 15) is 4.79 Å². The van der Waals surface area contributed by atoms with Gasteiger partial charge in [0.15, 0.2) is 0 Å². The summed E-state index contributed by atoms with van der Waals surface area (Å²) in [6.45, 7) is 1.80. The lowest BCUT2D eigenvalue weighted by Gasteiger charge is -2.15. The molecule has 1 fully saturated rings. The Labute approximate surface area is 143 Å². The van der Waals surface area contributed by atoms with E-state index in [0.717, 1.165) is 42.9 Å². The van der Waals surface area contributed by atoms with Gasteiger partial charge >= 0.3 is 0 Å². The zero-order valence-electron chi connectivity index (χ0n) is 13.8. The lowest BCUT2D eigenvalue weighted by Crippen LogP contribution is -2.28. The van der Waals surface area contributed by atoms with Crippen LogP contribution in [0.3, 0.4) is 0 Å². The van der Waals surface area contributed by atoms with Crippen LogP contribution in [0.2, 0.25) is 0 Å². The van der Waals surface area contributed by atoms with E-state index in [2.05, 4.69) is 10.5 Å². The van der Waals surface area contributed by atoms with Crippen LogP contribution in [0.1, 0.15) is 31.2 Å². The molecule has 1 N–H and O–H groups in total. The van der Waals surface area contributed by atoms with Gasteiger partial charge in [-0.05, 0) is 30.5 Å². The average Bonchev–Trinajstić information content (AvgIpc) is 3.18. The smallest absolute Gasteiger partial charge is 0.222 e. The number of carbonyl (C=O) groups is 1. The number of hydrogen-bond acceptors (Lipinski definition) is 3. The number of anilines is 1. The lowest BCUT2D eigenvalue weighted by atomic mass is 10.1. The molecule has 0 aliphatic carbocycles. The molecule has 0 saturated carbocycles. The first-order chi connectivity index (χ1) is 11.8. The Morgan fingerprint density at radius 1 is 0.917 bits per heavy atom. The van der Waals surface area contributed by atoms with E-state index in [4.69, 9.17) is 0 Å². The minimum absolute atomic E-state index is 0.232. The molecule has 1 heterocycles. The average molecular weight is 321 g/mol. The van der Waals surface area contributed by atoms with Crippen LogP contribution in [0, 0.1) is 0 Å². The minimum Gasteiger partial charge on any atom is -0.343 e. The van der Waals surface area contributed by atoms with Crippen molar-refractivity contribution in [1.29, 1.82) is 0 Å². The summed E-state index contributed by atoms with van der Waals surface area (Å²) in [6.07, 6.45) is 3.39. The number of hydrazone groups is 1. The fourth-order valence-electron chi connectivity index (χ4n) is 2.89. The molecule has 124 valence electrons. The lowest BCUT2D eigenvalue weighted by molar-refractivity contribution is -0.129. The number of benzene rings is 2. The summed E-state index contributed by atoms with van der Waals surface area (Å²) in [5.74, 6) is 0.232. The Morgan fingerprint density at radius 2 is 1.54 bits per heavy atom. The van der Waals surface area contributed by atoms with E-state index in [0.29, 0.717) is 12.8 Å². The molecule has 3 rings (SSSR count). The van der Waals surface area contributed by atoms with Crippen molar-refractivity contribution < 1.29 is 4.79 Å². The molecule has 0 radical (unpaired) electrons. The normalized spacial score (nSPS) is 14.7. The molecule has 2 aromatic rings. The van der Waals surface area contributed by atoms with Crippen molar-refractivity contribution in [3.8, 4) is 0 Å². The zero-order valence-corrected chi connectivity index (χ0v) is 13.8. The second-order valence-electron chi connectivity index (χ2n) is 5.99. The van der Waals surface area contributed by atoms with E-state index in [-0.39, 0.29) is 5.91 Å². The van der Waals surface area contributed by atoms with Gasteiger partial charge in [-0.15, -0.1) is 0 Å².